The Hall–Kier alpha value is 1.50. The maximum Gasteiger partial charge on any atom is 1.00 e. The van der Waals surface area contributed by atoms with Gasteiger partial charge in [-0.1, -0.05) is 0 Å². The van der Waals surface area contributed by atoms with E-state index < -0.39 is 0 Å². The summed E-state index contributed by atoms with van der Waals surface area (Å²) in [5.41, 5.74) is 10.2. The zero-order valence-electron chi connectivity index (χ0n) is 6.28. The van der Waals surface area contributed by atoms with Crippen molar-refractivity contribution in [2.24, 2.45) is 0 Å². The average molecular weight is 146 g/mol. The van der Waals surface area contributed by atoms with Crippen LogP contribution >= 0.6 is 23.2 Å². The zero-order chi connectivity index (χ0) is 7.41. The predicted octanol–water partition coefficient (Wildman–Crippen LogP) is -2.58. The molecule has 0 aliphatic heterocycles. The number of hydrogen-bond donors (Lipinski definition) is 0. The van der Waals surface area contributed by atoms with Crippen molar-refractivity contribution >= 4 is 23.2 Å². The van der Waals surface area contributed by atoms with Crippen LogP contribution in [0.3, 0.4) is 0 Å². The van der Waals surface area contributed by atoms with Gasteiger partial charge in [0.05, 0.1) is 5.34 Å². The molecule has 5 heteroatoms. The fourth-order valence-electron chi connectivity index (χ4n) is 0. The van der Waals surface area contributed by atoms with Gasteiger partial charge in [0.15, 0.2) is 0 Å². The van der Waals surface area contributed by atoms with Crippen molar-refractivity contribution in [3.05, 3.63) is 0 Å². The van der Waals surface area contributed by atoms with Gasteiger partial charge in [-0.15, -0.1) is 24.6 Å². The van der Waals surface area contributed by atoms with E-state index in [2.05, 4.69) is 6.91 Å². The smallest absolute Gasteiger partial charge is 0.870 e. The number of alkyl halides is 2. The molecular weight excluding hydrogens is 138 g/mol. The minimum atomic E-state index is 0. The summed E-state index contributed by atoms with van der Waals surface area (Å²) in [4.78, 5) is 0. The molecule has 0 atom stereocenters. The van der Waals surface area contributed by atoms with Crippen molar-refractivity contribution in [1.29, 1.82) is 2.86 Å². The van der Waals surface area contributed by atoms with Crippen molar-refractivity contribution in [3.63, 3.8) is 0 Å². The summed E-state index contributed by atoms with van der Waals surface area (Å²) < 4.78 is 15.2. The molecule has 0 aromatic rings. The molecule has 0 saturated heterocycles. The predicted molar refractivity (Wildman–Crippen MR) is 22.1 cm³/mol. The molecule has 0 spiro atoms. The molecule has 0 bridgehead atoms. The minimum Gasteiger partial charge on any atom is -0.870 e. The Morgan fingerprint density at radius 2 is 1.83 bits per heavy atom. The van der Waals surface area contributed by atoms with Gasteiger partial charge < -0.3 is 11.0 Å². The van der Waals surface area contributed by atoms with E-state index in [1.807, 2.05) is 0 Å². The van der Waals surface area contributed by atoms with Crippen LogP contribution in [0.15, 0.2) is 0 Å². The molecular formula is CH5Cl2NaO2. The quantitative estimate of drug-likeness (QED) is 0.273. The molecule has 0 radical (unpaired) electrons. The third kappa shape index (κ3) is 49.5. The standard InChI is InChI=1S/CH2Cl2.Na.2H2O/c2-1-3;;;/h1H2;;2*1H2/q;+1;;/p-1/i/hD3. The van der Waals surface area contributed by atoms with Crippen molar-refractivity contribution in [3.8, 4) is 0 Å². The Kier molecular flexibility index (Phi) is 39.3. The minimum absolute atomic E-state index is 0. The van der Waals surface area contributed by atoms with Crippen LogP contribution in [-0.4, -0.2) is 19.2 Å². The van der Waals surface area contributed by atoms with Crippen LogP contribution in [-0.2, 0) is 0 Å². The molecule has 0 heterocycles. The first-order chi connectivity index (χ1) is 3.83. The van der Waals surface area contributed by atoms with E-state index in [1.54, 1.807) is 0 Å². The van der Waals surface area contributed by atoms with Gasteiger partial charge in [-0.05, 0) is 0 Å². The van der Waals surface area contributed by atoms with E-state index in [9.17, 15) is 0 Å². The summed E-state index contributed by atoms with van der Waals surface area (Å²) >= 11 is 9.53. The van der Waals surface area contributed by atoms with Crippen molar-refractivity contribution in [2.45, 2.75) is 0 Å². The summed E-state index contributed by atoms with van der Waals surface area (Å²) in [5.74, 6) is 0. The molecule has 0 amide bonds. The molecule has 0 saturated carbocycles. The summed E-state index contributed by atoms with van der Waals surface area (Å²) in [6.45, 7) is 0. The van der Waals surface area contributed by atoms with Crippen LogP contribution in [0.1, 0.15) is 1.43 Å². The van der Waals surface area contributed by atoms with Gasteiger partial charge in [0.25, 0.3) is 0 Å². The first-order valence-corrected chi connectivity index (χ1v) is 1.60. The zero-order valence-corrected chi connectivity index (χ0v) is 6.79. The summed E-state index contributed by atoms with van der Waals surface area (Å²) in [6, 6.07) is 0. The second-order valence-electron chi connectivity index (χ2n) is 0.101. The maximum atomic E-state index is 7.50. The number of halogens is 2. The normalized spacial score (nSPS) is 7.50. The van der Waals surface area contributed by atoms with Crippen molar-refractivity contribution in [1.82, 2.24) is 0 Å². The fraction of sp³-hybridized carbons (Fsp3) is 1.00. The average Bonchev–Trinajstić information content (AvgIpc) is 1.75. The third-order valence-corrected chi connectivity index (χ3v) is 0. The Balaban J connectivity index is -0.0000000202. The molecule has 3 N–H and O–H groups in total. The second kappa shape index (κ2) is 31.5. The van der Waals surface area contributed by atoms with Gasteiger partial charge in [-0.3, -0.25) is 0 Å². The van der Waals surface area contributed by atoms with E-state index in [4.69, 9.17) is 31.5 Å². The molecule has 0 aromatic carbocycles. The Labute approximate surface area is 73.2 Å². The first-order valence-electron chi connectivity index (χ1n) is 1.76. The summed E-state index contributed by atoms with van der Waals surface area (Å²) in [6.07, 6.45) is 0. The molecule has 36 valence electrons. The van der Waals surface area contributed by atoms with Crippen LogP contribution in [0, 0.1) is 0 Å². The molecule has 0 rings (SSSR count). The van der Waals surface area contributed by atoms with Crippen LogP contribution in [0.25, 0.3) is 0 Å². The largest absolute Gasteiger partial charge is 1.00 e. The van der Waals surface area contributed by atoms with E-state index in [1.165, 1.54) is 0 Å². The topological polar surface area (TPSA) is 61.5 Å². The number of hydrogen-bond acceptors (Lipinski definition) is 1. The molecule has 2 nitrogen and oxygen atoms in total. The summed E-state index contributed by atoms with van der Waals surface area (Å²) in [5, 5.41) is 0.194. The molecule has 0 aliphatic rings. The molecule has 0 fully saturated rings. The monoisotopic (exact) mass is 145 g/mol. The molecule has 0 aliphatic carbocycles. The third-order valence-electron chi connectivity index (χ3n) is 0. The van der Waals surface area contributed by atoms with Crippen molar-refractivity contribution in [2.75, 3.05) is 5.34 Å². The SMILES string of the molecule is ClCCl.[2H]O[2H].[2H][O-].[Na+]. The van der Waals surface area contributed by atoms with Crippen LogP contribution < -0.4 is 29.6 Å². The van der Waals surface area contributed by atoms with Gasteiger partial charge in [0.2, 0.25) is 2.86 Å². The van der Waals surface area contributed by atoms with E-state index in [-0.39, 0.29) is 34.9 Å². The van der Waals surface area contributed by atoms with Crippen LogP contribution in [0.2, 0.25) is 0 Å². The Bertz CT molecular complexity index is 21.8. The van der Waals surface area contributed by atoms with Gasteiger partial charge in [-0.25, -0.2) is 0 Å². The van der Waals surface area contributed by atoms with E-state index in [0.717, 1.165) is 0 Å². The van der Waals surface area contributed by atoms with Crippen LogP contribution in [0.4, 0.5) is 0 Å². The van der Waals surface area contributed by atoms with Gasteiger partial charge in [0, 0.05) is 0 Å². The van der Waals surface area contributed by atoms with E-state index >= 15 is 0 Å². The molecule has 0 aromatic heterocycles. The fourth-order valence-corrected chi connectivity index (χ4v) is 0. The second-order valence-corrected chi connectivity index (χ2v) is 0.909. The van der Waals surface area contributed by atoms with Gasteiger partial charge in [-0.2, -0.15) is 0 Å². The maximum absolute atomic E-state index is 7.50. The first kappa shape index (κ1) is 7.50. The number of rotatable bonds is 0. The summed E-state index contributed by atoms with van der Waals surface area (Å²) in [7, 11) is 0. The van der Waals surface area contributed by atoms with Gasteiger partial charge >= 0.3 is 29.6 Å². The Morgan fingerprint density at radius 3 is 1.83 bits per heavy atom. The van der Waals surface area contributed by atoms with Gasteiger partial charge in [0.1, 0.15) is 0 Å². The van der Waals surface area contributed by atoms with Crippen LogP contribution in [0.5, 0.6) is 0 Å². The van der Waals surface area contributed by atoms with E-state index in [0.29, 0.717) is 0 Å². The molecule has 6 heavy (non-hydrogen) atoms. The Morgan fingerprint density at radius 1 is 1.83 bits per heavy atom. The van der Waals surface area contributed by atoms with Crippen molar-refractivity contribution < 1.29 is 41.9 Å². The molecule has 0 unspecified atom stereocenters.